The van der Waals surface area contributed by atoms with Crippen LogP contribution in [0, 0.1) is 23.2 Å². The van der Waals surface area contributed by atoms with Crippen molar-refractivity contribution in [2.45, 2.75) is 45.4 Å². The standard InChI is InChI=1S/C24H32N2O5/c1-2-30-20-5-3-19(4-6-20)23(29)25-13-22(28)31-14-21(27)26-15-24-10-16-7-17(11-24)9-18(8-16)12-24/h3-6,16-18H,2,7-15H2,1H3,(H,25,29)(H,26,27). The van der Waals surface area contributed by atoms with Crippen molar-refractivity contribution < 1.29 is 23.9 Å². The molecule has 0 spiro atoms. The minimum absolute atomic E-state index is 0.250. The summed E-state index contributed by atoms with van der Waals surface area (Å²) in [5.74, 6) is 1.88. The predicted octanol–water partition coefficient (Wildman–Crippen LogP) is 2.69. The molecule has 0 aromatic heterocycles. The number of carbonyl (C=O) groups excluding carboxylic acids is 3. The Bertz CT molecular complexity index is 784. The highest BCUT2D eigenvalue weighted by Crippen LogP contribution is 2.59. The quantitative estimate of drug-likeness (QED) is 0.590. The van der Waals surface area contributed by atoms with Gasteiger partial charge in [0.05, 0.1) is 6.61 Å². The largest absolute Gasteiger partial charge is 0.494 e. The van der Waals surface area contributed by atoms with E-state index in [1.807, 2.05) is 6.92 Å². The fourth-order valence-electron chi connectivity index (χ4n) is 6.16. The highest BCUT2D eigenvalue weighted by atomic mass is 16.5. The molecule has 31 heavy (non-hydrogen) atoms. The molecule has 4 aliphatic carbocycles. The monoisotopic (exact) mass is 428 g/mol. The van der Waals surface area contributed by atoms with Gasteiger partial charge in [-0.3, -0.25) is 14.4 Å². The van der Waals surface area contributed by atoms with Gasteiger partial charge in [0.1, 0.15) is 12.3 Å². The van der Waals surface area contributed by atoms with Gasteiger partial charge < -0.3 is 20.1 Å². The number of ether oxygens (including phenoxy) is 2. The summed E-state index contributed by atoms with van der Waals surface area (Å²) in [5.41, 5.74) is 0.671. The van der Waals surface area contributed by atoms with Crippen molar-refractivity contribution in [3.8, 4) is 5.75 Å². The van der Waals surface area contributed by atoms with E-state index < -0.39 is 5.97 Å². The Kier molecular flexibility index (Phi) is 6.49. The van der Waals surface area contributed by atoms with Crippen molar-refractivity contribution in [2.75, 3.05) is 26.3 Å². The molecule has 0 radical (unpaired) electrons. The number of benzene rings is 1. The highest BCUT2D eigenvalue weighted by molar-refractivity contribution is 5.96. The number of nitrogens with one attached hydrogen (secondary N) is 2. The normalized spacial score (nSPS) is 28.1. The zero-order chi connectivity index (χ0) is 21.8. The molecule has 0 heterocycles. The average molecular weight is 429 g/mol. The van der Waals surface area contributed by atoms with Crippen LogP contribution < -0.4 is 15.4 Å². The molecule has 168 valence electrons. The smallest absolute Gasteiger partial charge is 0.325 e. The van der Waals surface area contributed by atoms with Gasteiger partial charge in [0.2, 0.25) is 0 Å². The molecule has 4 fully saturated rings. The van der Waals surface area contributed by atoms with E-state index in [2.05, 4.69) is 10.6 Å². The number of esters is 1. The second kappa shape index (κ2) is 9.28. The van der Waals surface area contributed by atoms with Crippen LogP contribution in [0.4, 0.5) is 0 Å². The summed E-state index contributed by atoms with van der Waals surface area (Å²) in [4.78, 5) is 36.2. The van der Waals surface area contributed by atoms with E-state index in [9.17, 15) is 14.4 Å². The third kappa shape index (κ3) is 5.38. The molecule has 5 rings (SSSR count). The van der Waals surface area contributed by atoms with Gasteiger partial charge in [-0.15, -0.1) is 0 Å². The SMILES string of the molecule is CCOc1ccc(C(=O)NCC(=O)OCC(=O)NCC23CC4CC(CC(C4)C2)C3)cc1. The van der Waals surface area contributed by atoms with Gasteiger partial charge in [0.25, 0.3) is 11.8 Å². The third-order valence-corrected chi connectivity index (χ3v) is 7.01. The molecular weight excluding hydrogens is 396 g/mol. The van der Waals surface area contributed by atoms with Crippen molar-refractivity contribution in [2.24, 2.45) is 23.2 Å². The number of rotatable bonds is 9. The number of amides is 2. The fraction of sp³-hybridized carbons (Fsp3) is 0.625. The molecule has 7 nitrogen and oxygen atoms in total. The van der Waals surface area contributed by atoms with Crippen LogP contribution in [-0.4, -0.2) is 44.1 Å². The average Bonchev–Trinajstić information content (AvgIpc) is 2.74. The second-order valence-corrected chi connectivity index (χ2v) is 9.50. The van der Waals surface area contributed by atoms with Crippen LogP contribution in [0.3, 0.4) is 0 Å². The van der Waals surface area contributed by atoms with E-state index >= 15 is 0 Å². The lowest BCUT2D eigenvalue weighted by molar-refractivity contribution is -0.147. The summed E-state index contributed by atoms with van der Waals surface area (Å²) >= 11 is 0. The Hall–Kier alpha value is -2.57. The van der Waals surface area contributed by atoms with Gasteiger partial charge in [-0.1, -0.05) is 0 Å². The molecule has 4 aliphatic rings. The molecular formula is C24H32N2O5. The maximum atomic E-state index is 12.2. The Morgan fingerprint density at radius 3 is 2.16 bits per heavy atom. The van der Waals surface area contributed by atoms with Gasteiger partial charge in [-0.05, 0) is 92.9 Å². The first-order valence-corrected chi connectivity index (χ1v) is 11.4. The molecule has 0 unspecified atom stereocenters. The van der Waals surface area contributed by atoms with Gasteiger partial charge >= 0.3 is 5.97 Å². The summed E-state index contributed by atoms with van der Waals surface area (Å²) in [7, 11) is 0. The molecule has 0 atom stereocenters. The van der Waals surface area contributed by atoms with Crippen LogP contribution in [0.2, 0.25) is 0 Å². The number of carbonyl (C=O) groups is 3. The van der Waals surface area contributed by atoms with Crippen molar-refractivity contribution in [3.63, 3.8) is 0 Å². The van der Waals surface area contributed by atoms with E-state index in [0.29, 0.717) is 24.5 Å². The third-order valence-electron chi connectivity index (χ3n) is 7.01. The predicted molar refractivity (Wildman–Crippen MR) is 115 cm³/mol. The Morgan fingerprint density at radius 1 is 0.968 bits per heavy atom. The highest BCUT2D eigenvalue weighted by Gasteiger charge is 2.50. The Morgan fingerprint density at radius 2 is 1.58 bits per heavy atom. The summed E-state index contributed by atoms with van der Waals surface area (Å²) < 4.78 is 10.4. The second-order valence-electron chi connectivity index (χ2n) is 9.50. The molecule has 1 aromatic carbocycles. The van der Waals surface area contributed by atoms with E-state index in [-0.39, 0.29) is 30.4 Å². The summed E-state index contributed by atoms with van der Waals surface area (Å²) in [6.45, 7) is 2.52. The van der Waals surface area contributed by atoms with Crippen molar-refractivity contribution >= 4 is 17.8 Å². The molecule has 4 saturated carbocycles. The molecule has 7 heteroatoms. The summed E-state index contributed by atoms with van der Waals surface area (Å²) in [6, 6.07) is 6.66. The van der Waals surface area contributed by atoms with E-state index in [4.69, 9.17) is 9.47 Å². The van der Waals surface area contributed by atoms with Crippen LogP contribution in [0.15, 0.2) is 24.3 Å². The van der Waals surface area contributed by atoms with Crippen LogP contribution in [0.5, 0.6) is 5.75 Å². The van der Waals surface area contributed by atoms with Crippen LogP contribution >= 0.6 is 0 Å². The zero-order valence-electron chi connectivity index (χ0n) is 18.2. The van der Waals surface area contributed by atoms with Gasteiger partial charge in [0.15, 0.2) is 6.61 Å². The first kappa shape index (κ1) is 21.7. The van der Waals surface area contributed by atoms with Crippen LogP contribution in [-0.2, 0) is 14.3 Å². The van der Waals surface area contributed by atoms with Crippen molar-refractivity contribution in [1.82, 2.24) is 10.6 Å². The maximum absolute atomic E-state index is 12.2. The zero-order valence-corrected chi connectivity index (χ0v) is 18.2. The Labute approximate surface area is 183 Å². The first-order valence-electron chi connectivity index (χ1n) is 11.4. The minimum atomic E-state index is -0.635. The fourth-order valence-corrected chi connectivity index (χ4v) is 6.16. The Balaban J connectivity index is 1.14. The lowest BCUT2D eigenvalue weighted by Crippen LogP contribution is -2.51. The van der Waals surface area contributed by atoms with E-state index in [1.165, 1.54) is 38.5 Å². The minimum Gasteiger partial charge on any atom is -0.494 e. The van der Waals surface area contributed by atoms with Crippen LogP contribution in [0.25, 0.3) is 0 Å². The summed E-state index contributed by atoms with van der Waals surface area (Å²) in [6.07, 6.45) is 7.76. The maximum Gasteiger partial charge on any atom is 0.325 e. The number of hydrogen-bond acceptors (Lipinski definition) is 5. The van der Waals surface area contributed by atoms with Crippen molar-refractivity contribution in [1.29, 1.82) is 0 Å². The van der Waals surface area contributed by atoms with E-state index in [0.717, 1.165) is 17.8 Å². The van der Waals surface area contributed by atoms with Gasteiger partial charge in [0, 0.05) is 12.1 Å². The van der Waals surface area contributed by atoms with Crippen LogP contribution in [0.1, 0.15) is 55.8 Å². The molecule has 4 bridgehead atoms. The first-order chi connectivity index (χ1) is 14.9. The lowest BCUT2D eigenvalue weighted by Gasteiger charge is -2.56. The van der Waals surface area contributed by atoms with E-state index in [1.54, 1.807) is 24.3 Å². The molecule has 2 N–H and O–H groups in total. The summed E-state index contributed by atoms with van der Waals surface area (Å²) in [5, 5.41) is 5.49. The molecule has 0 saturated heterocycles. The van der Waals surface area contributed by atoms with Gasteiger partial charge in [-0.2, -0.15) is 0 Å². The molecule has 2 amide bonds. The van der Waals surface area contributed by atoms with Gasteiger partial charge in [-0.25, -0.2) is 0 Å². The lowest BCUT2D eigenvalue weighted by atomic mass is 9.49. The molecule has 1 aromatic rings. The number of hydrogen-bond donors (Lipinski definition) is 2. The molecule has 0 aliphatic heterocycles. The topological polar surface area (TPSA) is 93.7 Å². The van der Waals surface area contributed by atoms with Crippen molar-refractivity contribution in [3.05, 3.63) is 29.8 Å².